The molecule has 2 nitrogen and oxygen atoms in total. The molecule has 0 bridgehead atoms. The minimum Gasteiger partial charge on any atom is -0.211 e. The molecule has 0 aromatic heterocycles. The molecule has 2 aromatic rings. The molecule has 0 amide bonds. The second-order valence-corrected chi connectivity index (χ2v) is 2.61. The minimum atomic E-state index is 0.619. The Kier molecular flexibility index (Phi) is 1.91. The van der Waals surface area contributed by atoms with Crippen LogP contribution < -0.4 is 0 Å². The van der Waals surface area contributed by atoms with Crippen molar-refractivity contribution in [1.29, 1.82) is 0 Å². The largest absolute Gasteiger partial charge is 0.240 e. The van der Waals surface area contributed by atoms with Crippen molar-refractivity contribution in [3.63, 3.8) is 0 Å². The van der Waals surface area contributed by atoms with Gasteiger partial charge in [0.1, 0.15) is 0 Å². The van der Waals surface area contributed by atoms with E-state index >= 15 is 0 Å². The molecule has 0 heterocycles. The highest BCUT2D eigenvalue weighted by atomic mass is 16.1. The van der Waals surface area contributed by atoms with Crippen LogP contribution in [0.15, 0.2) is 41.4 Å². The van der Waals surface area contributed by atoms with Crippen molar-refractivity contribution in [3.05, 3.63) is 42.5 Å². The van der Waals surface area contributed by atoms with Gasteiger partial charge in [0.15, 0.2) is 0 Å². The van der Waals surface area contributed by atoms with E-state index in [-0.39, 0.29) is 0 Å². The molecule has 61 valence electrons. The normalized spacial score (nSPS) is 9.54. The molecule has 0 atom stereocenters. The van der Waals surface area contributed by atoms with Crippen molar-refractivity contribution in [2.45, 2.75) is 0 Å². The van der Waals surface area contributed by atoms with E-state index < -0.39 is 0 Å². The number of fused-ring (bicyclic) bond motifs is 1. The highest BCUT2D eigenvalue weighted by Gasteiger charge is 1.96. The van der Waals surface area contributed by atoms with E-state index in [0.717, 1.165) is 10.8 Å². The molecule has 0 aliphatic carbocycles. The van der Waals surface area contributed by atoms with Crippen molar-refractivity contribution in [2.75, 3.05) is 0 Å². The summed E-state index contributed by atoms with van der Waals surface area (Å²) in [5.41, 5.74) is 0.619. The van der Waals surface area contributed by atoms with Crippen LogP contribution in [0.3, 0.4) is 0 Å². The Balaban J connectivity index is 2.82. The fourth-order valence-electron chi connectivity index (χ4n) is 1.28. The number of hydrogen-bond acceptors (Lipinski definition) is 2. The lowest BCUT2D eigenvalue weighted by Gasteiger charge is -1.97. The monoisotopic (exact) mass is 168 g/mol. The van der Waals surface area contributed by atoms with Crippen LogP contribution >= 0.6 is 0 Å². The van der Waals surface area contributed by atoms with Gasteiger partial charge in [-0.05, 0) is 17.5 Å². The molecule has 2 heteroatoms. The zero-order valence-electron chi connectivity index (χ0n) is 6.82. The van der Waals surface area contributed by atoms with Crippen molar-refractivity contribution < 1.29 is 4.79 Å². The zero-order valence-corrected chi connectivity index (χ0v) is 6.82. The highest BCUT2D eigenvalue weighted by molar-refractivity contribution is 5.92. The number of aliphatic imine (C=N–C) groups is 1. The Bertz CT molecular complexity index is 479. The smallest absolute Gasteiger partial charge is 0.211 e. The van der Waals surface area contributed by atoms with E-state index in [4.69, 9.17) is 0 Å². The fourth-order valence-corrected chi connectivity index (χ4v) is 1.28. The van der Waals surface area contributed by atoms with Gasteiger partial charge in [0, 0.05) is 5.39 Å². The molecule has 0 N–H and O–H groups in total. The minimum absolute atomic E-state index is 0.619. The molecule has 2 rings (SSSR count). The molecule has 0 spiro atoms. The summed E-state index contributed by atoms with van der Waals surface area (Å²) < 4.78 is 0. The van der Waals surface area contributed by atoms with Gasteiger partial charge in [-0.15, -0.1) is 0 Å². The first kappa shape index (κ1) is 7.71. The first-order valence-electron chi connectivity index (χ1n) is 3.89. The number of rotatable bonds is 1. The van der Waals surface area contributed by atoms with Gasteiger partial charge >= 0.3 is 0 Å². The van der Waals surface area contributed by atoms with Gasteiger partial charge in [0.25, 0.3) is 0 Å². The van der Waals surface area contributed by atoms with Crippen molar-refractivity contribution >= 4 is 22.5 Å². The Morgan fingerprint density at radius 2 is 2.08 bits per heavy atom. The van der Waals surface area contributed by atoms with E-state index in [9.17, 15) is 4.79 Å². The molecule has 0 unspecified atom stereocenters. The van der Waals surface area contributed by atoms with E-state index in [1.807, 2.05) is 24.3 Å². The molecule has 2 aromatic carbocycles. The molecule has 0 aliphatic heterocycles. The topological polar surface area (TPSA) is 29.4 Å². The van der Waals surface area contributed by atoms with Crippen LogP contribution in [-0.4, -0.2) is 6.08 Å². The standard InChI is InChI=1S/C11H6NO/c13-8-12-11-7-3-5-9-4-1-2-6-10(9)11/h1-5,7H. The van der Waals surface area contributed by atoms with Gasteiger partial charge < -0.3 is 0 Å². The zero-order chi connectivity index (χ0) is 9.10. The third kappa shape index (κ3) is 1.35. The average Bonchev–Trinajstić information content (AvgIpc) is 2.19. The van der Waals surface area contributed by atoms with E-state index in [2.05, 4.69) is 11.1 Å². The summed E-state index contributed by atoms with van der Waals surface area (Å²) >= 11 is 0. The highest BCUT2D eigenvalue weighted by Crippen LogP contribution is 2.24. The predicted octanol–water partition coefficient (Wildman–Crippen LogP) is 2.61. The van der Waals surface area contributed by atoms with Gasteiger partial charge in [0.05, 0.1) is 5.69 Å². The van der Waals surface area contributed by atoms with Gasteiger partial charge in [0.2, 0.25) is 6.08 Å². The number of hydrogen-bond donors (Lipinski definition) is 0. The number of benzene rings is 2. The third-order valence-electron chi connectivity index (χ3n) is 1.84. The lowest BCUT2D eigenvalue weighted by Crippen LogP contribution is -1.72. The van der Waals surface area contributed by atoms with Gasteiger partial charge in [-0.3, -0.25) is 0 Å². The Morgan fingerprint density at radius 1 is 1.23 bits per heavy atom. The van der Waals surface area contributed by atoms with Crippen LogP contribution in [0.1, 0.15) is 0 Å². The maximum atomic E-state index is 10.1. The molecular formula is C11H6NO. The summed E-state index contributed by atoms with van der Waals surface area (Å²) in [7, 11) is 0. The quantitative estimate of drug-likeness (QED) is 0.475. The summed E-state index contributed by atoms with van der Waals surface area (Å²) in [5.74, 6) is 0. The molecular weight excluding hydrogens is 162 g/mol. The maximum absolute atomic E-state index is 10.1. The van der Waals surface area contributed by atoms with Crippen LogP contribution in [0.5, 0.6) is 0 Å². The summed E-state index contributed by atoms with van der Waals surface area (Å²) in [4.78, 5) is 13.7. The summed E-state index contributed by atoms with van der Waals surface area (Å²) in [5, 5.41) is 1.88. The van der Waals surface area contributed by atoms with Crippen molar-refractivity contribution in [1.82, 2.24) is 0 Å². The molecule has 13 heavy (non-hydrogen) atoms. The van der Waals surface area contributed by atoms with E-state index in [1.54, 1.807) is 12.1 Å². The Labute approximate surface area is 75.5 Å². The predicted molar refractivity (Wildman–Crippen MR) is 50.6 cm³/mol. The van der Waals surface area contributed by atoms with Crippen molar-refractivity contribution in [3.8, 4) is 0 Å². The molecule has 0 aliphatic rings. The number of isocyanates is 1. The summed E-state index contributed by atoms with van der Waals surface area (Å²) in [6, 6.07) is 14.3. The van der Waals surface area contributed by atoms with Crippen LogP contribution in [0.25, 0.3) is 10.8 Å². The molecule has 1 radical (unpaired) electrons. The van der Waals surface area contributed by atoms with Crippen LogP contribution in [0.2, 0.25) is 0 Å². The lowest BCUT2D eigenvalue weighted by molar-refractivity contribution is 0.565. The van der Waals surface area contributed by atoms with Crippen LogP contribution in [0.4, 0.5) is 5.69 Å². The Morgan fingerprint density at radius 3 is 2.92 bits per heavy atom. The van der Waals surface area contributed by atoms with Crippen molar-refractivity contribution in [2.24, 2.45) is 4.99 Å². The summed E-state index contributed by atoms with van der Waals surface area (Å²) in [6.45, 7) is 0. The molecule has 0 saturated heterocycles. The second kappa shape index (κ2) is 3.21. The molecule has 0 saturated carbocycles. The average molecular weight is 168 g/mol. The molecule has 0 fully saturated rings. The van der Waals surface area contributed by atoms with E-state index in [1.165, 1.54) is 6.08 Å². The number of nitrogens with zero attached hydrogens (tertiary/aromatic N) is 1. The second-order valence-electron chi connectivity index (χ2n) is 2.61. The van der Waals surface area contributed by atoms with Crippen LogP contribution in [0, 0.1) is 6.07 Å². The summed E-state index contributed by atoms with van der Waals surface area (Å²) in [6.07, 6.45) is 1.53. The first-order valence-corrected chi connectivity index (χ1v) is 3.89. The SMILES string of the molecule is O=C=Nc1cccc2ccc[c]c12. The first-order chi connectivity index (χ1) is 6.42. The number of carbonyl (C=O) groups excluding carboxylic acids is 1. The maximum Gasteiger partial charge on any atom is 0.240 e. The van der Waals surface area contributed by atoms with Gasteiger partial charge in [-0.2, -0.15) is 4.99 Å². The third-order valence-corrected chi connectivity index (χ3v) is 1.84. The fraction of sp³-hybridized carbons (Fsp3) is 0. The van der Waals surface area contributed by atoms with Crippen LogP contribution in [-0.2, 0) is 4.79 Å². The van der Waals surface area contributed by atoms with Gasteiger partial charge in [-0.1, -0.05) is 30.3 Å². The van der Waals surface area contributed by atoms with Gasteiger partial charge in [-0.25, -0.2) is 4.79 Å². The lowest BCUT2D eigenvalue weighted by atomic mass is 10.1. The Hall–Kier alpha value is -1.92. The van der Waals surface area contributed by atoms with E-state index in [0.29, 0.717) is 5.69 Å².